The van der Waals surface area contributed by atoms with E-state index in [4.69, 9.17) is 17.0 Å². The molecule has 3 atom stereocenters. The van der Waals surface area contributed by atoms with Crippen LogP contribution >= 0.6 is 24.0 Å². The topological polar surface area (TPSA) is 78.6 Å². The van der Waals surface area contributed by atoms with Gasteiger partial charge in [-0.1, -0.05) is 37.8 Å². The van der Waals surface area contributed by atoms with E-state index in [0.717, 1.165) is 50.3 Å². The first-order chi connectivity index (χ1) is 15.7. The summed E-state index contributed by atoms with van der Waals surface area (Å²) in [5, 5.41) is 9.68. The molecule has 3 saturated heterocycles. The first-order valence-electron chi connectivity index (χ1n) is 11.5. The lowest BCUT2D eigenvalue weighted by Gasteiger charge is -2.38. The van der Waals surface area contributed by atoms with E-state index in [1.54, 1.807) is 23.4 Å². The summed E-state index contributed by atoms with van der Waals surface area (Å²) in [5.74, 6) is 1.59. The van der Waals surface area contributed by atoms with Crippen molar-refractivity contribution in [2.45, 2.75) is 46.1 Å². The molecule has 3 aliphatic heterocycles. The van der Waals surface area contributed by atoms with Crippen LogP contribution in [0.1, 0.15) is 49.8 Å². The molecule has 1 aromatic heterocycles. The van der Waals surface area contributed by atoms with E-state index in [9.17, 15) is 14.9 Å². The van der Waals surface area contributed by atoms with Gasteiger partial charge >= 0.3 is 0 Å². The van der Waals surface area contributed by atoms with Gasteiger partial charge in [0.05, 0.1) is 17.6 Å². The number of rotatable bonds is 4. The zero-order valence-corrected chi connectivity index (χ0v) is 21.2. The lowest BCUT2D eigenvalue weighted by Crippen LogP contribution is -2.42. The number of nitrogens with zero attached hydrogens (tertiary/aromatic N) is 4. The number of hydrogen-bond donors (Lipinski definition) is 0. The fourth-order valence-corrected chi connectivity index (χ4v) is 6.47. The molecule has 1 aromatic rings. The third-order valence-electron chi connectivity index (χ3n) is 6.70. The molecule has 0 aromatic carbocycles. The Labute approximate surface area is 204 Å². The number of anilines is 1. The molecular formula is C24H30N4O3S2. The van der Waals surface area contributed by atoms with Crippen LogP contribution in [0.4, 0.5) is 5.82 Å². The molecule has 3 unspecified atom stereocenters. The first-order valence-corrected chi connectivity index (χ1v) is 12.7. The standard InChI is InChI=1S/C24H30N4O3S2/c1-14-8-15(2)12-27(11-14)21-18(16(3)19(10-25)22(29)26(21)4)9-20-23(30)28(24(32)33-20)13-17-6-5-7-31-17/h9,14-15,17H,5-8,11-13H2,1-4H3/b20-9-. The molecular weight excluding hydrogens is 456 g/mol. The van der Waals surface area contributed by atoms with Gasteiger partial charge in [-0.15, -0.1) is 0 Å². The Morgan fingerprint density at radius 3 is 2.58 bits per heavy atom. The molecule has 7 nitrogen and oxygen atoms in total. The number of piperidine rings is 1. The van der Waals surface area contributed by atoms with E-state index < -0.39 is 0 Å². The summed E-state index contributed by atoms with van der Waals surface area (Å²) in [5.41, 5.74) is 1.15. The SMILES string of the molecule is Cc1c(/C=C2\SC(=S)N(CC3CCCO3)C2=O)c(N2CC(C)CC(C)C2)n(C)c(=O)c1C#N. The summed E-state index contributed by atoms with van der Waals surface area (Å²) in [4.78, 5) is 30.6. The van der Waals surface area contributed by atoms with Crippen molar-refractivity contribution in [3.63, 3.8) is 0 Å². The van der Waals surface area contributed by atoms with Crippen molar-refractivity contribution in [2.24, 2.45) is 18.9 Å². The monoisotopic (exact) mass is 486 g/mol. The van der Waals surface area contributed by atoms with Gasteiger partial charge in [0.2, 0.25) is 0 Å². The highest BCUT2D eigenvalue weighted by Gasteiger charge is 2.36. The van der Waals surface area contributed by atoms with Gasteiger partial charge in [0.15, 0.2) is 0 Å². The maximum atomic E-state index is 13.3. The molecule has 33 heavy (non-hydrogen) atoms. The summed E-state index contributed by atoms with van der Waals surface area (Å²) < 4.78 is 7.78. The lowest BCUT2D eigenvalue weighted by molar-refractivity contribution is -0.123. The van der Waals surface area contributed by atoms with Crippen LogP contribution in [0.25, 0.3) is 6.08 Å². The van der Waals surface area contributed by atoms with Gasteiger partial charge in [0, 0.05) is 32.3 Å². The van der Waals surface area contributed by atoms with E-state index in [2.05, 4.69) is 24.8 Å². The number of thioether (sulfide) groups is 1. The maximum absolute atomic E-state index is 13.3. The van der Waals surface area contributed by atoms with Gasteiger partial charge in [-0.05, 0) is 49.7 Å². The number of thiocarbonyl (C=S) groups is 1. The molecule has 4 rings (SSSR count). The van der Waals surface area contributed by atoms with Crippen LogP contribution < -0.4 is 10.5 Å². The zero-order chi connectivity index (χ0) is 23.9. The quantitative estimate of drug-likeness (QED) is 0.477. The highest BCUT2D eigenvalue weighted by molar-refractivity contribution is 8.26. The number of amides is 1. The number of nitriles is 1. The number of pyridine rings is 1. The van der Waals surface area contributed by atoms with Crippen LogP contribution in [0, 0.1) is 30.1 Å². The number of carbonyl (C=O) groups excluding carboxylic acids is 1. The fourth-order valence-electron chi connectivity index (χ4n) is 5.21. The van der Waals surface area contributed by atoms with Crippen molar-refractivity contribution in [1.82, 2.24) is 9.47 Å². The van der Waals surface area contributed by atoms with Gasteiger partial charge in [0.1, 0.15) is 21.8 Å². The molecule has 0 spiro atoms. The second-order valence-corrected chi connectivity index (χ2v) is 11.2. The van der Waals surface area contributed by atoms with Gasteiger partial charge < -0.3 is 9.64 Å². The lowest BCUT2D eigenvalue weighted by atomic mass is 9.91. The normalized spacial score (nSPS) is 27.0. The number of carbonyl (C=O) groups is 1. The molecule has 4 heterocycles. The second-order valence-electron chi connectivity index (χ2n) is 9.49. The minimum absolute atomic E-state index is 0.0169. The molecule has 0 N–H and O–H groups in total. The van der Waals surface area contributed by atoms with Gasteiger partial charge in [-0.25, -0.2) is 0 Å². The summed E-state index contributed by atoms with van der Waals surface area (Å²) in [6.45, 7) is 9.05. The van der Waals surface area contributed by atoms with Gasteiger partial charge in [-0.2, -0.15) is 5.26 Å². The van der Waals surface area contributed by atoms with E-state index in [-0.39, 0.29) is 23.1 Å². The fraction of sp³-hybridized carbons (Fsp3) is 0.583. The minimum atomic E-state index is -0.307. The molecule has 9 heteroatoms. The molecule has 3 aliphatic rings. The largest absolute Gasteiger partial charge is 0.376 e. The van der Waals surface area contributed by atoms with Gasteiger partial charge in [-0.3, -0.25) is 19.1 Å². The van der Waals surface area contributed by atoms with Crippen molar-refractivity contribution in [2.75, 3.05) is 31.1 Å². The van der Waals surface area contributed by atoms with Crippen molar-refractivity contribution in [1.29, 1.82) is 5.26 Å². The Balaban J connectivity index is 1.78. The second kappa shape index (κ2) is 9.61. The number of aromatic nitrogens is 1. The van der Waals surface area contributed by atoms with E-state index >= 15 is 0 Å². The Kier molecular flexibility index (Phi) is 6.99. The zero-order valence-electron chi connectivity index (χ0n) is 19.6. The van der Waals surface area contributed by atoms with Crippen LogP contribution in [-0.4, -0.2) is 52.0 Å². The van der Waals surface area contributed by atoms with Crippen LogP contribution in [0.15, 0.2) is 9.70 Å². The third kappa shape index (κ3) is 4.61. The van der Waals surface area contributed by atoms with Crippen molar-refractivity contribution in [3.05, 3.63) is 31.9 Å². The number of ether oxygens (including phenoxy) is 1. The average Bonchev–Trinajstić information content (AvgIpc) is 3.36. The highest BCUT2D eigenvalue weighted by atomic mass is 32.2. The maximum Gasteiger partial charge on any atom is 0.270 e. The van der Waals surface area contributed by atoms with E-state index in [0.29, 0.717) is 33.2 Å². The highest BCUT2D eigenvalue weighted by Crippen LogP contribution is 2.37. The first kappa shape index (κ1) is 24.0. The third-order valence-corrected chi connectivity index (χ3v) is 8.07. The van der Waals surface area contributed by atoms with Crippen LogP contribution in [0.2, 0.25) is 0 Å². The van der Waals surface area contributed by atoms with Gasteiger partial charge in [0.25, 0.3) is 11.5 Å². The summed E-state index contributed by atoms with van der Waals surface area (Å²) in [6, 6.07) is 2.07. The Bertz CT molecular complexity index is 1100. The summed E-state index contributed by atoms with van der Waals surface area (Å²) in [6.07, 6.45) is 4.90. The van der Waals surface area contributed by atoms with Crippen LogP contribution in [-0.2, 0) is 16.6 Å². The summed E-state index contributed by atoms with van der Waals surface area (Å²) >= 11 is 6.79. The average molecular weight is 487 g/mol. The minimum Gasteiger partial charge on any atom is -0.376 e. The van der Waals surface area contributed by atoms with Crippen molar-refractivity contribution >= 4 is 46.1 Å². The molecule has 0 saturated carbocycles. The molecule has 1 amide bonds. The molecule has 0 bridgehead atoms. The van der Waals surface area contributed by atoms with Crippen molar-refractivity contribution < 1.29 is 9.53 Å². The number of hydrogen-bond acceptors (Lipinski definition) is 7. The molecule has 0 aliphatic carbocycles. The Morgan fingerprint density at radius 2 is 1.97 bits per heavy atom. The Morgan fingerprint density at radius 1 is 1.27 bits per heavy atom. The predicted octanol–water partition coefficient (Wildman–Crippen LogP) is 3.43. The smallest absolute Gasteiger partial charge is 0.270 e. The summed E-state index contributed by atoms with van der Waals surface area (Å²) in [7, 11) is 1.71. The van der Waals surface area contributed by atoms with E-state index in [1.807, 2.05) is 6.08 Å². The molecule has 3 fully saturated rings. The predicted molar refractivity (Wildman–Crippen MR) is 135 cm³/mol. The van der Waals surface area contributed by atoms with E-state index in [1.165, 1.54) is 11.8 Å². The molecule has 176 valence electrons. The van der Waals surface area contributed by atoms with Crippen LogP contribution in [0.5, 0.6) is 0 Å². The van der Waals surface area contributed by atoms with Crippen molar-refractivity contribution in [3.8, 4) is 6.07 Å². The Hall–Kier alpha value is -2.15. The molecule has 0 radical (unpaired) electrons. The van der Waals surface area contributed by atoms with Crippen LogP contribution in [0.3, 0.4) is 0 Å².